The number of hydrogen-bond donors (Lipinski definition) is 0. The molecule has 0 bridgehead atoms. The van der Waals surface area contributed by atoms with Gasteiger partial charge >= 0.3 is 0 Å². The Morgan fingerprint density at radius 3 is 1.75 bits per heavy atom. The average Bonchev–Trinajstić information content (AvgIpc) is 2.77. The Morgan fingerprint density at radius 1 is 0.800 bits per heavy atom. The third kappa shape index (κ3) is 6.71. The second kappa shape index (κ2) is 10.2. The van der Waals surface area contributed by atoms with Crippen molar-refractivity contribution in [2.45, 2.75) is 65.5 Å². The summed E-state index contributed by atoms with van der Waals surface area (Å²) < 4.78 is 0. The molecule has 2 aliphatic rings. The van der Waals surface area contributed by atoms with Crippen LogP contribution in [0.25, 0.3) is 0 Å². The first-order valence-electron chi connectivity index (χ1n) is 8.43. The van der Waals surface area contributed by atoms with Gasteiger partial charge in [-0.2, -0.15) is 0 Å². The summed E-state index contributed by atoms with van der Waals surface area (Å²) in [5.41, 5.74) is 0. The predicted molar refractivity (Wildman–Crippen MR) is 90.2 cm³/mol. The van der Waals surface area contributed by atoms with E-state index in [9.17, 15) is 0 Å². The number of hydrogen-bond acceptors (Lipinski definition) is 2. The van der Waals surface area contributed by atoms with Crippen molar-refractivity contribution in [3.63, 3.8) is 0 Å². The third-order valence-corrected chi connectivity index (χ3v) is 4.37. The van der Waals surface area contributed by atoms with Gasteiger partial charge in [0.25, 0.3) is 0 Å². The summed E-state index contributed by atoms with van der Waals surface area (Å²) >= 11 is 0. The Labute approximate surface area is 126 Å². The van der Waals surface area contributed by atoms with E-state index in [1.165, 1.54) is 45.3 Å². The molecule has 0 saturated carbocycles. The SMILES string of the molecule is CC(C)N1CCC=CCC1.CCC(C)N1CC=CCC1. The minimum absolute atomic E-state index is 0.722. The van der Waals surface area contributed by atoms with Crippen molar-refractivity contribution in [1.29, 1.82) is 0 Å². The summed E-state index contributed by atoms with van der Waals surface area (Å²) in [6, 6.07) is 1.49. The summed E-state index contributed by atoms with van der Waals surface area (Å²) in [6.07, 6.45) is 14.1. The summed E-state index contributed by atoms with van der Waals surface area (Å²) in [5, 5.41) is 0. The van der Waals surface area contributed by atoms with Crippen LogP contribution in [0.15, 0.2) is 24.3 Å². The van der Waals surface area contributed by atoms with Gasteiger partial charge in [0.05, 0.1) is 0 Å². The maximum atomic E-state index is 2.53. The van der Waals surface area contributed by atoms with Crippen molar-refractivity contribution >= 4 is 0 Å². The van der Waals surface area contributed by atoms with Gasteiger partial charge in [0.15, 0.2) is 0 Å². The standard InChI is InChI=1S/2C9H17N/c1-9(2)10-7-5-3-4-6-8-10;1-3-9(2)10-7-5-4-6-8-10/h3-4,9H,5-8H2,1-2H3;4-5,9H,3,6-8H2,1-2H3. The highest BCUT2D eigenvalue weighted by Gasteiger charge is 2.11. The largest absolute Gasteiger partial charge is 0.300 e. The van der Waals surface area contributed by atoms with Crippen molar-refractivity contribution in [2.24, 2.45) is 0 Å². The second-order valence-corrected chi connectivity index (χ2v) is 6.19. The number of rotatable bonds is 3. The molecule has 0 radical (unpaired) electrons. The fourth-order valence-corrected chi connectivity index (χ4v) is 2.66. The van der Waals surface area contributed by atoms with Crippen LogP contribution in [0.1, 0.15) is 53.4 Å². The zero-order valence-corrected chi connectivity index (χ0v) is 14.0. The summed E-state index contributed by atoms with van der Waals surface area (Å²) in [6.45, 7) is 14.0. The lowest BCUT2D eigenvalue weighted by atomic mass is 10.1. The summed E-state index contributed by atoms with van der Waals surface area (Å²) in [5.74, 6) is 0. The van der Waals surface area contributed by atoms with Crippen molar-refractivity contribution < 1.29 is 0 Å². The molecular weight excluding hydrogens is 244 g/mol. The Bertz CT molecular complexity index is 284. The van der Waals surface area contributed by atoms with E-state index in [1.54, 1.807) is 0 Å². The van der Waals surface area contributed by atoms with Gasteiger partial charge < -0.3 is 4.90 Å². The Kier molecular flexibility index (Phi) is 8.88. The molecule has 2 nitrogen and oxygen atoms in total. The molecule has 2 aliphatic heterocycles. The molecule has 0 N–H and O–H groups in total. The van der Waals surface area contributed by atoms with Crippen LogP contribution in [0.2, 0.25) is 0 Å². The fraction of sp³-hybridized carbons (Fsp3) is 0.778. The lowest BCUT2D eigenvalue weighted by Crippen LogP contribution is -2.35. The molecule has 0 aromatic carbocycles. The highest BCUT2D eigenvalue weighted by Crippen LogP contribution is 2.08. The predicted octanol–water partition coefficient (Wildman–Crippen LogP) is 4.09. The van der Waals surface area contributed by atoms with Gasteiger partial charge in [-0.3, -0.25) is 4.90 Å². The molecule has 2 heterocycles. The highest BCUT2D eigenvalue weighted by atomic mass is 15.1. The zero-order chi connectivity index (χ0) is 14.8. The molecular formula is C18H34N2. The summed E-state index contributed by atoms with van der Waals surface area (Å²) in [7, 11) is 0. The van der Waals surface area contributed by atoms with Gasteiger partial charge in [-0.25, -0.2) is 0 Å². The highest BCUT2D eigenvalue weighted by molar-refractivity contribution is 4.92. The van der Waals surface area contributed by atoms with E-state index in [2.05, 4.69) is 61.8 Å². The maximum absolute atomic E-state index is 2.53. The molecule has 0 saturated heterocycles. The van der Waals surface area contributed by atoms with E-state index >= 15 is 0 Å². The Balaban J connectivity index is 0.000000200. The van der Waals surface area contributed by atoms with Gasteiger partial charge in [0, 0.05) is 38.3 Å². The Morgan fingerprint density at radius 2 is 1.30 bits per heavy atom. The van der Waals surface area contributed by atoms with Crippen LogP contribution in [-0.2, 0) is 0 Å². The Hall–Kier alpha value is -0.600. The molecule has 0 aromatic heterocycles. The van der Waals surface area contributed by atoms with Gasteiger partial charge in [0.1, 0.15) is 0 Å². The molecule has 1 unspecified atom stereocenters. The van der Waals surface area contributed by atoms with Gasteiger partial charge in [0.2, 0.25) is 0 Å². The second-order valence-electron chi connectivity index (χ2n) is 6.19. The average molecular weight is 278 g/mol. The van der Waals surface area contributed by atoms with E-state index in [0.29, 0.717) is 0 Å². The van der Waals surface area contributed by atoms with Gasteiger partial charge in [-0.05, 0) is 46.5 Å². The maximum Gasteiger partial charge on any atom is 0.0166 e. The summed E-state index contributed by atoms with van der Waals surface area (Å²) in [4.78, 5) is 5.06. The van der Waals surface area contributed by atoms with Crippen LogP contribution in [0.3, 0.4) is 0 Å². The normalized spacial score (nSPS) is 22.2. The first-order valence-corrected chi connectivity index (χ1v) is 8.43. The van der Waals surface area contributed by atoms with E-state index in [0.717, 1.165) is 18.6 Å². The molecule has 0 aromatic rings. The topological polar surface area (TPSA) is 6.48 Å². The van der Waals surface area contributed by atoms with E-state index in [-0.39, 0.29) is 0 Å². The van der Waals surface area contributed by atoms with E-state index in [1.807, 2.05) is 0 Å². The first-order chi connectivity index (χ1) is 9.65. The van der Waals surface area contributed by atoms with Crippen LogP contribution in [0, 0.1) is 0 Å². The molecule has 1 atom stereocenters. The molecule has 2 heteroatoms. The molecule has 116 valence electrons. The third-order valence-electron chi connectivity index (χ3n) is 4.37. The molecule has 2 rings (SSSR count). The smallest absolute Gasteiger partial charge is 0.0166 e. The molecule has 20 heavy (non-hydrogen) atoms. The van der Waals surface area contributed by atoms with E-state index < -0.39 is 0 Å². The number of nitrogens with zero attached hydrogens (tertiary/aromatic N) is 2. The van der Waals surface area contributed by atoms with Crippen LogP contribution in [-0.4, -0.2) is 48.1 Å². The minimum Gasteiger partial charge on any atom is -0.300 e. The first kappa shape index (κ1) is 17.5. The quantitative estimate of drug-likeness (QED) is 0.717. The fourth-order valence-electron chi connectivity index (χ4n) is 2.66. The van der Waals surface area contributed by atoms with Crippen molar-refractivity contribution in [3.05, 3.63) is 24.3 Å². The zero-order valence-electron chi connectivity index (χ0n) is 14.0. The van der Waals surface area contributed by atoms with Gasteiger partial charge in [-0.15, -0.1) is 0 Å². The molecule has 0 aliphatic carbocycles. The van der Waals surface area contributed by atoms with Crippen molar-refractivity contribution in [2.75, 3.05) is 26.2 Å². The molecule has 0 spiro atoms. The van der Waals surface area contributed by atoms with Crippen LogP contribution in [0.4, 0.5) is 0 Å². The van der Waals surface area contributed by atoms with Crippen molar-refractivity contribution in [3.8, 4) is 0 Å². The van der Waals surface area contributed by atoms with Crippen molar-refractivity contribution in [1.82, 2.24) is 9.80 Å². The lowest BCUT2D eigenvalue weighted by Gasteiger charge is -2.28. The lowest BCUT2D eigenvalue weighted by molar-refractivity contribution is 0.223. The minimum atomic E-state index is 0.722. The molecule has 0 amide bonds. The molecule has 0 fully saturated rings. The van der Waals surface area contributed by atoms with Crippen LogP contribution >= 0.6 is 0 Å². The monoisotopic (exact) mass is 278 g/mol. The van der Waals surface area contributed by atoms with Crippen LogP contribution < -0.4 is 0 Å². The van der Waals surface area contributed by atoms with Crippen LogP contribution in [0.5, 0.6) is 0 Å². The van der Waals surface area contributed by atoms with E-state index in [4.69, 9.17) is 0 Å². The van der Waals surface area contributed by atoms with Gasteiger partial charge in [-0.1, -0.05) is 31.2 Å².